The first-order valence-electron chi connectivity index (χ1n) is 7.84. The number of nitrogens with zero attached hydrogens (tertiary/aromatic N) is 3. The van der Waals surface area contributed by atoms with Gasteiger partial charge in [-0.05, 0) is 19.8 Å². The molecule has 8 nitrogen and oxygen atoms in total. The maximum absolute atomic E-state index is 10.5. The number of hydrogen-bond acceptors (Lipinski definition) is 8. The molecule has 8 heteroatoms. The van der Waals surface area contributed by atoms with E-state index in [4.69, 9.17) is 15.2 Å². The summed E-state index contributed by atoms with van der Waals surface area (Å²) in [5.41, 5.74) is 3.91. The Kier molecular flexibility index (Phi) is 4.07. The molecule has 3 rings (SSSR count). The van der Waals surface area contributed by atoms with Crippen molar-refractivity contribution in [3.63, 3.8) is 0 Å². The SMILES string of the molecule is COc1cc(N2CCC3(CC2)OCC[C@@](C)(O)[C@@H]3O)nc(N)n1. The normalized spacial score (nSPS) is 30.4. The average Bonchev–Trinajstić information content (AvgIpc) is 2.52. The summed E-state index contributed by atoms with van der Waals surface area (Å²) >= 11 is 0. The van der Waals surface area contributed by atoms with E-state index < -0.39 is 17.3 Å². The van der Waals surface area contributed by atoms with E-state index in [2.05, 4.69) is 14.9 Å². The van der Waals surface area contributed by atoms with Crippen LogP contribution < -0.4 is 15.4 Å². The van der Waals surface area contributed by atoms with Crippen molar-refractivity contribution in [2.45, 2.75) is 43.5 Å². The lowest BCUT2D eigenvalue weighted by atomic mass is 9.75. The van der Waals surface area contributed by atoms with E-state index in [1.165, 1.54) is 7.11 Å². The van der Waals surface area contributed by atoms with Crippen LogP contribution in [0, 0.1) is 0 Å². The lowest BCUT2D eigenvalue weighted by Gasteiger charge is -2.51. The minimum Gasteiger partial charge on any atom is -0.481 e. The molecule has 0 bridgehead atoms. The average molecular weight is 324 g/mol. The minimum absolute atomic E-state index is 0.163. The second kappa shape index (κ2) is 5.77. The largest absolute Gasteiger partial charge is 0.481 e. The quantitative estimate of drug-likeness (QED) is 0.693. The van der Waals surface area contributed by atoms with E-state index in [0.29, 0.717) is 50.7 Å². The Bertz CT molecular complexity index is 573. The number of aliphatic hydroxyl groups is 2. The molecule has 0 saturated carbocycles. The molecule has 1 aromatic heterocycles. The van der Waals surface area contributed by atoms with Gasteiger partial charge in [0.05, 0.1) is 19.3 Å². The van der Waals surface area contributed by atoms with Crippen LogP contribution in [-0.2, 0) is 4.74 Å². The van der Waals surface area contributed by atoms with E-state index in [9.17, 15) is 10.2 Å². The number of aromatic nitrogens is 2. The number of anilines is 2. The standard InChI is InChI=1S/C15H24N4O4/c1-14(21)5-8-23-15(12(14)20)3-6-19(7-4-15)10-9-11(22-2)18-13(16)17-10/h9,12,20-21H,3-8H2,1-2H3,(H2,16,17,18)/t12-,14+/m0/s1. The van der Waals surface area contributed by atoms with Crippen molar-refractivity contribution in [1.82, 2.24) is 9.97 Å². The van der Waals surface area contributed by atoms with Crippen LogP contribution in [0.25, 0.3) is 0 Å². The molecule has 0 amide bonds. The molecule has 4 N–H and O–H groups in total. The second-order valence-electron chi connectivity index (χ2n) is 6.54. The lowest BCUT2D eigenvalue weighted by Crippen LogP contribution is -2.64. The third-order valence-electron chi connectivity index (χ3n) is 4.93. The van der Waals surface area contributed by atoms with Gasteiger partial charge in [-0.25, -0.2) is 0 Å². The van der Waals surface area contributed by atoms with Crippen molar-refractivity contribution in [3.05, 3.63) is 6.07 Å². The predicted molar refractivity (Wildman–Crippen MR) is 84.4 cm³/mol. The summed E-state index contributed by atoms with van der Waals surface area (Å²) in [5.74, 6) is 1.28. The van der Waals surface area contributed by atoms with Crippen LogP contribution in [0.5, 0.6) is 5.88 Å². The Morgan fingerprint density at radius 2 is 2.04 bits per heavy atom. The summed E-state index contributed by atoms with van der Waals surface area (Å²) < 4.78 is 11.0. The fourth-order valence-electron chi connectivity index (χ4n) is 3.47. The van der Waals surface area contributed by atoms with Crippen LogP contribution in [0.3, 0.4) is 0 Å². The second-order valence-corrected chi connectivity index (χ2v) is 6.54. The predicted octanol–water partition coefficient (Wildman–Crippen LogP) is -0.0614. The summed E-state index contributed by atoms with van der Waals surface area (Å²) in [6, 6.07) is 1.74. The van der Waals surface area contributed by atoms with Crippen LogP contribution in [-0.4, -0.2) is 64.3 Å². The molecule has 128 valence electrons. The maximum atomic E-state index is 10.5. The van der Waals surface area contributed by atoms with E-state index in [0.717, 1.165) is 0 Å². The van der Waals surface area contributed by atoms with Gasteiger partial charge in [0.15, 0.2) is 0 Å². The maximum Gasteiger partial charge on any atom is 0.225 e. The third-order valence-corrected chi connectivity index (χ3v) is 4.93. The number of nitrogens with two attached hydrogens (primary N) is 1. The first-order chi connectivity index (χ1) is 10.9. The molecule has 23 heavy (non-hydrogen) atoms. The summed E-state index contributed by atoms with van der Waals surface area (Å²) in [5, 5.41) is 20.9. The van der Waals surface area contributed by atoms with E-state index >= 15 is 0 Å². The van der Waals surface area contributed by atoms with Gasteiger partial charge < -0.3 is 30.3 Å². The first kappa shape index (κ1) is 16.2. The fraction of sp³-hybridized carbons (Fsp3) is 0.733. The first-order valence-corrected chi connectivity index (χ1v) is 7.84. The number of hydrogen-bond donors (Lipinski definition) is 3. The number of piperidine rings is 1. The molecule has 1 spiro atoms. The molecule has 1 aromatic rings. The van der Waals surface area contributed by atoms with E-state index in [-0.39, 0.29) is 5.95 Å². The summed E-state index contributed by atoms with van der Waals surface area (Å²) in [4.78, 5) is 10.3. The van der Waals surface area contributed by atoms with Gasteiger partial charge in [0.2, 0.25) is 11.8 Å². The van der Waals surface area contributed by atoms with Crippen molar-refractivity contribution in [2.24, 2.45) is 0 Å². The molecule has 3 heterocycles. The molecule has 0 aromatic carbocycles. The van der Waals surface area contributed by atoms with Crippen LogP contribution in [0.1, 0.15) is 26.2 Å². The zero-order valence-corrected chi connectivity index (χ0v) is 13.5. The Morgan fingerprint density at radius 3 is 2.70 bits per heavy atom. The Morgan fingerprint density at radius 1 is 1.35 bits per heavy atom. The van der Waals surface area contributed by atoms with Crippen LogP contribution in [0.4, 0.5) is 11.8 Å². The number of ether oxygens (including phenoxy) is 2. The minimum atomic E-state index is -1.11. The van der Waals surface area contributed by atoms with Gasteiger partial charge in [0.1, 0.15) is 17.5 Å². The van der Waals surface area contributed by atoms with E-state index in [1.54, 1.807) is 13.0 Å². The van der Waals surface area contributed by atoms with Gasteiger partial charge in [-0.2, -0.15) is 9.97 Å². The molecular formula is C15H24N4O4. The van der Waals surface area contributed by atoms with Gasteiger partial charge in [0.25, 0.3) is 0 Å². The number of aliphatic hydroxyl groups excluding tert-OH is 1. The third kappa shape index (κ3) is 2.93. The van der Waals surface area contributed by atoms with Gasteiger partial charge in [0, 0.05) is 25.6 Å². The molecule has 0 radical (unpaired) electrons. The number of methoxy groups -OCH3 is 1. The molecule has 0 unspecified atom stereocenters. The summed E-state index contributed by atoms with van der Waals surface area (Å²) in [6.07, 6.45) is 0.766. The molecule has 2 aliphatic heterocycles. The monoisotopic (exact) mass is 324 g/mol. The molecule has 2 fully saturated rings. The molecule has 2 aliphatic rings. The lowest BCUT2D eigenvalue weighted by molar-refractivity contribution is -0.239. The fourth-order valence-corrected chi connectivity index (χ4v) is 3.47. The molecule has 2 saturated heterocycles. The molecular weight excluding hydrogens is 300 g/mol. The van der Waals surface area contributed by atoms with Crippen LogP contribution in [0.15, 0.2) is 6.07 Å². The molecule has 0 aliphatic carbocycles. The van der Waals surface area contributed by atoms with E-state index in [1.807, 2.05) is 0 Å². The van der Waals surface area contributed by atoms with Gasteiger partial charge >= 0.3 is 0 Å². The number of rotatable bonds is 2. The Labute approximate surface area is 135 Å². The van der Waals surface area contributed by atoms with Gasteiger partial charge in [-0.1, -0.05) is 0 Å². The van der Waals surface area contributed by atoms with Crippen molar-refractivity contribution >= 4 is 11.8 Å². The highest BCUT2D eigenvalue weighted by Crippen LogP contribution is 2.40. The van der Waals surface area contributed by atoms with Crippen molar-refractivity contribution < 1.29 is 19.7 Å². The zero-order valence-electron chi connectivity index (χ0n) is 13.5. The van der Waals surface area contributed by atoms with Gasteiger partial charge in [-0.15, -0.1) is 0 Å². The number of nitrogen functional groups attached to an aromatic ring is 1. The Hall–Kier alpha value is -1.64. The van der Waals surface area contributed by atoms with Gasteiger partial charge in [-0.3, -0.25) is 0 Å². The molecule has 2 atom stereocenters. The Balaban J connectivity index is 1.75. The summed E-state index contributed by atoms with van der Waals surface area (Å²) in [7, 11) is 1.53. The smallest absolute Gasteiger partial charge is 0.225 e. The topological polar surface area (TPSA) is 114 Å². The van der Waals surface area contributed by atoms with Crippen LogP contribution >= 0.6 is 0 Å². The highest BCUT2D eigenvalue weighted by atomic mass is 16.5. The highest BCUT2D eigenvalue weighted by Gasteiger charge is 2.52. The van der Waals surface area contributed by atoms with Crippen molar-refractivity contribution in [2.75, 3.05) is 37.4 Å². The van der Waals surface area contributed by atoms with Crippen molar-refractivity contribution in [3.8, 4) is 5.88 Å². The van der Waals surface area contributed by atoms with Crippen LogP contribution in [0.2, 0.25) is 0 Å². The van der Waals surface area contributed by atoms with Crippen molar-refractivity contribution in [1.29, 1.82) is 0 Å². The highest BCUT2D eigenvalue weighted by molar-refractivity contribution is 5.46. The zero-order chi connectivity index (χ0) is 16.7. The summed E-state index contributed by atoms with van der Waals surface area (Å²) in [6.45, 7) is 3.42.